The Balaban J connectivity index is 1.92. The first-order valence-electron chi connectivity index (χ1n) is 6.20. The van der Waals surface area contributed by atoms with Gasteiger partial charge in [-0.05, 0) is 6.92 Å². The molecular formula is C12H21N3OS. The van der Waals surface area contributed by atoms with Crippen LogP contribution in [-0.4, -0.2) is 36.8 Å². The van der Waals surface area contributed by atoms with E-state index < -0.39 is 0 Å². The largest absolute Gasteiger partial charge is 0.375 e. The molecule has 0 aliphatic carbocycles. The Morgan fingerprint density at radius 2 is 2.47 bits per heavy atom. The predicted octanol–water partition coefficient (Wildman–Crippen LogP) is 1.87. The Bertz CT molecular complexity index is 353. The van der Waals surface area contributed by atoms with Gasteiger partial charge in [0.05, 0.1) is 12.7 Å². The zero-order chi connectivity index (χ0) is 12.3. The molecule has 96 valence electrons. The van der Waals surface area contributed by atoms with Gasteiger partial charge in [0.1, 0.15) is 0 Å². The summed E-state index contributed by atoms with van der Waals surface area (Å²) in [6.07, 6.45) is 2.29. The molecule has 1 aromatic rings. The maximum atomic E-state index is 5.54. The lowest BCUT2D eigenvalue weighted by Gasteiger charge is -2.30. The fourth-order valence-electron chi connectivity index (χ4n) is 1.82. The van der Waals surface area contributed by atoms with Crippen LogP contribution in [0.2, 0.25) is 0 Å². The van der Waals surface area contributed by atoms with Gasteiger partial charge >= 0.3 is 0 Å². The summed E-state index contributed by atoms with van der Waals surface area (Å²) in [7, 11) is 0. The quantitative estimate of drug-likeness (QED) is 0.891. The summed E-state index contributed by atoms with van der Waals surface area (Å²) in [4.78, 5) is 8.12. The molecule has 1 fully saturated rings. The van der Waals surface area contributed by atoms with Gasteiger partial charge in [-0.15, -0.1) is 11.3 Å². The summed E-state index contributed by atoms with van der Waals surface area (Å²) in [5.41, 5.74) is 0. The van der Waals surface area contributed by atoms with E-state index in [1.165, 1.54) is 4.88 Å². The van der Waals surface area contributed by atoms with Crippen LogP contribution in [0.5, 0.6) is 0 Å². The van der Waals surface area contributed by atoms with Gasteiger partial charge in [-0.2, -0.15) is 0 Å². The monoisotopic (exact) mass is 255 g/mol. The van der Waals surface area contributed by atoms with Crippen molar-refractivity contribution in [2.75, 3.05) is 24.6 Å². The third-order valence-electron chi connectivity index (χ3n) is 2.74. The molecule has 1 atom stereocenters. The van der Waals surface area contributed by atoms with E-state index in [4.69, 9.17) is 4.74 Å². The van der Waals surface area contributed by atoms with E-state index in [2.05, 4.69) is 36.0 Å². The number of rotatable bonds is 4. The maximum Gasteiger partial charge on any atom is 0.185 e. The number of hydrogen-bond donors (Lipinski definition) is 1. The fourth-order valence-corrected chi connectivity index (χ4v) is 2.72. The zero-order valence-electron chi connectivity index (χ0n) is 10.8. The van der Waals surface area contributed by atoms with Crippen molar-refractivity contribution < 1.29 is 4.74 Å². The zero-order valence-corrected chi connectivity index (χ0v) is 11.6. The van der Waals surface area contributed by atoms with Crippen molar-refractivity contribution in [3.8, 4) is 0 Å². The van der Waals surface area contributed by atoms with E-state index in [0.29, 0.717) is 12.1 Å². The summed E-state index contributed by atoms with van der Waals surface area (Å²) in [5.74, 6) is 0. The molecule has 2 rings (SSSR count). The number of thiazole rings is 1. The molecule has 1 N–H and O–H groups in total. The topological polar surface area (TPSA) is 37.4 Å². The highest BCUT2D eigenvalue weighted by Crippen LogP contribution is 2.24. The Morgan fingerprint density at radius 1 is 1.65 bits per heavy atom. The van der Waals surface area contributed by atoms with Crippen LogP contribution >= 0.6 is 11.3 Å². The van der Waals surface area contributed by atoms with Gasteiger partial charge in [0.25, 0.3) is 0 Å². The molecule has 5 heteroatoms. The first kappa shape index (κ1) is 12.8. The molecule has 0 radical (unpaired) electrons. The smallest absolute Gasteiger partial charge is 0.185 e. The lowest BCUT2D eigenvalue weighted by molar-refractivity contribution is 0.0532. The summed E-state index contributed by atoms with van der Waals surface area (Å²) in [6, 6.07) is 0.518. The molecule has 1 aromatic heterocycles. The normalized spacial score (nSPS) is 21.2. The molecule has 0 saturated carbocycles. The number of aromatic nitrogens is 1. The second-order valence-corrected chi connectivity index (χ2v) is 5.87. The molecule has 0 aromatic carbocycles. The molecule has 0 bridgehead atoms. The van der Waals surface area contributed by atoms with Crippen LogP contribution in [0.1, 0.15) is 25.6 Å². The highest BCUT2D eigenvalue weighted by molar-refractivity contribution is 7.15. The number of hydrogen-bond acceptors (Lipinski definition) is 5. The number of nitrogens with zero attached hydrogens (tertiary/aromatic N) is 2. The van der Waals surface area contributed by atoms with E-state index >= 15 is 0 Å². The van der Waals surface area contributed by atoms with E-state index in [0.717, 1.165) is 31.4 Å². The highest BCUT2D eigenvalue weighted by atomic mass is 32.1. The number of anilines is 1. The summed E-state index contributed by atoms with van der Waals surface area (Å²) < 4.78 is 5.54. The van der Waals surface area contributed by atoms with Crippen LogP contribution in [0.25, 0.3) is 0 Å². The minimum Gasteiger partial charge on any atom is -0.375 e. The summed E-state index contributed by atoms with van der Waals surface area (Å²) in [6.45, 7) is 10.0. The van der Waals surface area contributed by atoms with E-state index in [-0.39, 0.29) is 0 Å². The van der Waals surface area contributed by atoms with Gasteiger partial charge < -0.3 is 15.0 Å². The molecule has 1 unspecified atom stereocenters. The van der Waals surface area contributed by atoms with E-state index in [1.54, 1.807) is 11.3 Å². The third kappa shape index (κ3) is 3.66. The van der Waals surface area contributed by atoms with Crippen LogP contribution in [0.4, 0.5) is 5.13 Å². The highest BCUT2D eigenvalue weighted by Gasteiger charge is 2.19. The van der Waals surface area contributed by atoms with Gasteiger partial charge in [-0.3, -0.25) is 0 Å². The predicted molar refractivity (Wildman–Crippen MR) is 71.7 cm³/mol. The minimum absolute atomic E-state index is 0.310. The van der Waals surface area contributed by atoms with Gasteiger partial charge in [-0.1, -0.05) is 13.8 Å². The fraction of sp³-hybridized carbons (Fsp3) is 0.750. The second-order valence-electron chi connectivity index (χ2n) is 4.77. The van der Waals surface area contributed by atoms with Crippen LogP contribution < -0.4 is 10.2 Å². The van der Waals surface area contributed by atoms with Crippen molar-refractivity contribution in [2.45, 2.75) is 39.5 Å². The summed E-state index contributed by atoms with van der Waals surface area (Å²) >= 11 is 1.78. The molecule has 2 heterocycles. The van der Waals surface area contributed by atoms with Crippen LogP contribution in [0, 0.1) is 0 Å². The Labute approximate surface area is 107 Å². The van der Waals surface area contributed by atoms with Crippen LogP contribution in [-0.2, 0) is 11.3 Å². The standard InChI is InChI=1S/C12H21N3OS/c1-9(2)13-6-11-7-14-12(17-11)15-4-5-16-10(3)8-15/h7,9-10,13H,4-6,8H2,1-3H3. The van der Waals surface area contributed by atoms with Crippen LogP contribution in [0.15, 0.2) is 6.20 Å². The van der Waals surface area contributed by atoms with Crippen molar-refractivity contribution in [1.82, 2.24) is 10.3 Å². The first-order chi connectivity index (χ1) is 8.15. The SMILES string of the molecule is CC(C)NCc1cnc(N2CCOC(C)C2)s1. The average molecular weight is 255 g/mol. The average Bonchev–Trinajstić information content (AvgIpc) is 2.75. The van der Waals surface area contributed by atoms with Gasteiger partial charge in [0, 0.05) is 36.8 Å². The lowest BCUT2D eigenvalue weighted by Crippen LogP contribution is -2.41. The molecule has 0 spiro atoms. The van der Waals surface area contributed by atoms with Crippen molar-refractivity contribution in [2.24, 2.45) is 0 Å². The summed E-state index contributed by atoms with van der Waals surface area (Å²) in [5, 5.41) is 4.54. The van der Waals surface area contributed by atoms with E-state index in [9.17, 15) is 0 Å². The number of morpholine rings is 1. The van der Waals surface area contributed by atoms with Crippen molar-refractivity contribution >= 4 is 16.5 Å². The lowest BCUT2D eigenvalue weighted by atomic mass is 10.3. The molecule has 17 heavy (non-hydrogen) atoms. The van der Waals surface area contributed by atoms with Gasteiger partial charge in [-0.25, -0.2) is 4.98 Å². The van der Waals surface area contributed by atoms with Crippen molar-refractivity contribution in [3.63, 3.8) is 0 Å². The molecule has 1 aliphatic heterocycles. The number of ether oxygens (including phenoxy) is 1. The van der Waals surface area contributed by atoms with Gasteiger partial charge in [0.2, 0.25) is 0 Å². The minimum atomic E-state index is 0.310. The Morgan fingerprint density at radius 3 is 3.18 bits per heavy atom. The van der Waals surface area contributed by atoms with Gasteiger partial charge in [0.15, 0.2) is 5.13 Å². The second kappa shape index (κ2) is 5.80. The molecule has 4 nitrogen and oxygen atoms in total. The Kier molecular flexibility index (Phi) is 4.36. The Hall–Kier alpha value is -0.650. The third-order valence-corrected chi connectivity index (χ3v) is 3.80. The number of nitrogens with one attached hydrogen (secondary N) is 1. The molecule has 1 saturated heterocycles. The van der Waals surface area contributed by atoms with Crippen molar-refractivity contribution in [1.29, 1.82) is 0 Å². The maximum absolute atomic E-state index is 5.54. The first-order valence-corrected chi connectivity index (χ1v) is 7.01. The molecule has 1 aliphatic rings. The van der Waals surface area contributed by atoms with E-state index in [1.807, 2.05) is 6.20 Å². The van der Waals surface area contributed by atoms with Crippen LogP contribution in [0.3, 0.4) is 0 Å². The van der Waals surface area contributed by atoms with Crippen molar-refractivity contribution in [3.05, 3.63) is 11.1 Å². The molecule has 0 amide bonds. The molecular weight excluding hydrogens is 234 g/mol.